The topological polar surface area (TPSA) is 21.6 Å². The molecule has 0 saturated carbocycles. The van der Waals surface area contributed by atoms with Crippen LogP contribution in [0, 0.1) is 0 Å². The van der Waals surface area contributed by atoms with Gasteiger partial charge in [-0.2, -0.15) is 0 Å². The van der Waals surface area contributed by atoms with Crippen molar-refractivity contribution in [3.63, 3.8) is 0 Å². The van der Waals surface area contributed by atoms with Crippen LogP contribution in [-0.2, 0) is 4.74 Å². The van der Waals surface area contributed by atoms with Gasteiger partial charge in [-0.05, 0) is 13.0 Å². The molecule has 1 heterocycles. The molecule has 0 aromatic heterocycles. The van der Waals surface area contributed by atoms with E-state index in [1.807, 2.05) is 38.2 Å². The highest BCUT2D eigenvalue weighted by atomic mass is 16.5. The van der Waals surface area contributed by atoms with Crippen LogP contribution in [0.4, 0.5) is 0 Å². The van der Waals surface area contributed by atoms with Crippen LogP contribution in [0.15, 0.2) is 29.3 Å². The Morgan fingerprint density at radius 2 is 2.36 bits per heavy atom. The third kappa shape index (κ3) is 3.03. The van der Waals surface area contributed by atoms with E-state index in [1.54, 1.807) is 0 Å². The zero-order chi connectivity index (χ0) is 8.10. The summed E-state index contributed by atoms with van der Waals surface area (Å²) < 4.78 is 5.39. The summed E-state index contributed by atoms with van der Waals surface area (Å²) in [4.78, 5) is 4.16. The van der Waals surface area contributed by atoms with Crippen molar-refractivity contribution in [2.24, 2.45) is 4.99 Å². The molecule has 1 aliphatic rings. The minimum absolute atomic E-state index is 0.126. The van der Waals surface area contributed by atoms with Crippen molar-refractivity contribution in [3.8, 4) is 0 Å². The molecule has 60 valence electrons. The van der Waals surface area contributed by atoms with E-state index in [1.165, 1.54) is 0 Å². The van der Waals surface area contributed by atoms with Crippen molar-refractivity contribution in [1.29, 1.82) is 0 Å². The first-order valence-corrected chi connectivity index (χ1v) is 3.80. The van der Waals surface area contributed by atoms with Crippen molar-refractivity contribution in [2.45, 2.75) is 20.0 Å². The molecule has 0 N–H and O–H groups in total. The summed E-state index contributed by atoms with van der Waals surface area (Å²) in [6.45, 7) is 4.58. The van der Waals surface area contributed by atoms with Crippen LogP contribution >= 0.6 is 0 Å². The average molecular weight is 151 g/mol. The molecule has 1 unspecified atom stereocenters. The Labute approximate surface area is 67.3 Å². The molecule has 0 saturated heterocycles. The fraction of sp³-hybridized carbons (Fsp3) is 0.444. The first-order valence-electron chi connectivity index (χ1n) is 3.80. The second-order valence-corrected chi connectivity index (χ2v) is 2.50. The maximum absolute atomic E-state index is 5.39. The Bertz CT molecular complexity index is 204. The first-order chi connectivity index (χ1) is 5.29. The second kappa shape index (κ2) is 3.96. The van der Waals surface area contributed by atoms with Crippen LogP contribution in [0.5, 0.6) is 0 Å². The van der Waals surface area contributed by atoms with Gasteiger partial charge in [-0.15, -0.1) is 0 Å². The second-order valence-electron chi connectivity index (χ2n) is 2.50. The van der Waals surface area contributed by atoms with E-state index in [2.05, 4.69) is 4.99 Å². The number of rotatable bonds is 0. The molecule has 2 nitrogen and oxygen atoms in total. The predicted molar refractivity (Wildman–Crippen MR) is 46.8 cm³/mol. The summed E-state index contributed by atoms with van der Waals surface area (Å²) in [7, 11) is 0. The summed E-state index contributed by atoms with van der Waals surface area (Å²) in [6.07, 6.45) is 8.10. The third-order valence-corrected chi connectivity index (χ3v) is 1.41. The van der Waals surface area contributed by atoms with Crippen LogP contribution < -0.4 is 0 Å². The monoisotopic (exact) mass is 151 g/mol. The van der Waals surface area contributed by atoms with E-state index in [9.17, 15) is 0 Å². The Kier molecular flexibility index (Phi) is 2.90. The van der Waals surface area contributed by atoms with E-state index in [4.69, 9.17) is 4.74 Å². The van der Waals surface area contributed by atoms with Crippen molar-refractivity contribution < 1.29 is 4.74 Å². The van der Waals surface area contributed by atoms with Crippen LogP contribution in [-0.4, -0.2) is 18.5 Å². The molecule has 0 aromatic rings. The zero-order valence-corrected chi connectivity index (χ0v) is 6.95. The Morgan fingerprint density at radius 1 is 1.55 bits per heavy atom. The maximum Gasteiger partial charge on any atom is 0.181 e. The number of aliphatic imine (C=N–C) groups is 1. The summed E-state index contributed by atoms with van der Waals surface area (Å²) in [5.74, 6) is 0.758. The lowest BCUT2D eigenvalue weighted by molar-refractivity contribution is 0.253. The molecule has 2 heteroatoms. The highest BCUT2D eigenvalue weighted by molar-refractivity contribution is 5.73. The Morgan fingerprint density at radius 3 is 3.18 bits per heavy atom. The molecule has 0 aromatic carbocycles. The van der Waals surface area contributed by atoms with Crippen molar-refractivity contribution >= 4 is 5.90 Å². The predicted octanol–water partition coefficient (Wildman–Crippen LogP) is 1.94. The van der Waals surface area contributed by atoms with Gasteiger partial charge in [0.1, 0.15) is 6.10 Å². The quantitative estimate of drug-likeness (QED) is 0.518. The third-order valence-electron chi connectivity index (χ3n) is 1.41. The summed E-state index contributed by atoms with van der Waals surface area (Å²) in [5.41, 5.74) is 0. The van der Waals surface area contributed by atoms with Crippen molar-refractivity contribution in [1.82, 2.24) is 0 Å². The molecular weight excluding hydrogens is 138 g/mol. The van der Waals surface area contributed by atoms with Crippen LogP contribution in [0.25, 0.3) is 0 Å². The van der Waals surface area contributed by atoms with Gasteiger partial charge in [-0.3, -0.25) is 4.99 Å². The van der Waals surface area contributed by atoms with E-state index in [-0.39, 0.29) is 6.10 Å². The number of nitrogens with zero attached hydrogens (tertiary/aromatic N) is 1. The van der Waals surface area contributed by atoms with Gasteiger partial charge in [0, 0.05) is 6.92 Å². The fourth-order valence-electron chi connectivity index (χ4n) is 0.887. The van der Waals surface area contributed by atoms with Gasteiger partial charge >= 0.3 is 0 Å². The first kappa shape index (κ1) is 8.05. The lowest BCUT2D eigenvalue weighted by Crippen LogP contribution is -2.09. The van der Waals surface area contributed by atoms with E-state index < -0.39 is 0 Å². The highest BCUT2D eigenvalue weighted by Gasteiger charge is 1.98. The van der Waals surface area contributed by atoms with Gasteiger partial charge in [0.05, 0.1) is 6.54 Å². The highest BCUT2D eigenvalue weighted by Crippen LogP contribution is 1.97. The fourth-order valence-corrected chi connectivity index (χ4v) is 0.887. The number of hydrogen-bond acceptors (Lipinski definition) is 2. The van der Waals surface area contributed by atoms with Gasteiger partial charge in [-0.25, -0.2) is 0 Å². The van der Waals surface area contributed by atoms with Crippen molar-refractivity contribution in [3.05, 3.63) is 24.3 Å². The number of hydrogen-bond donors (Lipinski definition) is 0. The van der Waals surface area contributed by atoms with Gasteiger partial charge in [0.2, 0.25) is 0 Å². The van der Waals surface area contributed by atoms with Gasteiger partial charge in [0.25, 0.3) is 0 Å². The Hall–Kier alpha value is -1.05. The molecule has 1 aliphatic heterocycles. The Balaban J connectivity index is 2.65. The standard InChI is InChI=1S/C9H13NO/c1-8-6-4-3-5-7-10-9(2)11-8/h3-6,8H,7H2,1-2H3. The van der Waals surface area contributed by atoms with Gasteiger partial charge < -0.3 is 4.74 Å². The van der Waals surface area contributed by atoms with Gasteiger partial charge in [-0.1, -0.05) is 18.2 Å². The van der Waals surface area contributed by atoms with E-state index in [0.29, 0.717) is 6.54 Å². The minimum atomic E-state index is 0.126. The molecule has 1 rings (SSSR count). The molecule has 0 aliphatic carbocycles. The molecule has 11 heavy (non-hydrogen) atoms. The molecule has 0 amide bonds. The summed E-state index contributed by atoms with van der Waals surface area (Å²) in [6, 6.07) is 0. The SMILES string of the molecule is CC1=NCC=CC=CC(C)O1. The average Bonchev–Trinajstić information content (AvgIpc) is 2.02. The molecule has 0 spiro atoms. The lowest BCUT2D eigenvalue weighted by Gasteiger charge is -2.08. The van der Waals surface area contributed by atoms with Crippen LogP contribution in [0.1, 0.15) is 13.8 Å². The smallest absolute Gasteiger partial charge is 0.181 e. The van der Waals surface area contributed by atoms with Crippen molar-refractivity contribution in [2.75, 3.05) is 6.54 Å². The lowest BCUT2D eigenvalue weighted by atomic mass is 10.3. The van der Waals surface area contributed by atoms with E-state index >= 15 is 0 Å². The molecule has 0 fully saturated rings. The molecule has 0 bridgehead atoms. The molecule has 0 radical (unpaired) electrons. The molecular formula is C9H13NO. The summed E-state index contributed by atoms with van der Waals surface area (Å²) >= 11 is 0. The summed E-state index contributed by atoms with van der Waals surface area (Å²) in [5, 5.41) is 0. The minimum Gasteiger partial charge on any atom is -0.474 e. The largest absolute Gasteiger partial charge is 0.474 e. The van der Waals surface area contributed by atoms with E-state index in [0.717, 1.165) is 5.90 Å². The number of ether oxygens (including phenoxy) is 1. The zero-order valence-electron chi connectivity index (χ0n) is 6.95. The van der Waals surface area contributed by atoms with Crippen LogP contribution in [0.3, 0.4) is 0 Å². The van der Waals surface area contributed by atoms with Gasteiger partial charge in [0.15, 0.2) is 5.90 Å². The number of allylic oxidation sites excluding steroid dienone is 2. The maximum atomic E-state index is 5.39. The molecule has 1 atom stereocenters. The normalized spacial score (nSPS) is 24.5. The van der Waals surface area contributed by atoms with Crippen LogP contribution in [0.2, 0.25) is 0 Å².